The molecule has 0 atom stereocenters. The van der Waals surface area contributed by atoms with E-state index < -0.39 is 0 Å². The van der Waals surface area contributed by atoms with Crippen molar-refractivity contribution >= 4 is 76.2 Å². The molecule has 2 aliphatic carbocycles. The predicted molar refractivity (Wildman–Crippen MR) is 258 cm³/mol. The highest BCUT2D eigenvalue weighted by Crippen LogP contribution is 2.53. The van der Waals surface area contributed by atoms with Crippen LogP contribution in [0.3, 0.4) is 0 Å². The third kappa shape index (κ3) is 4.22. The molecule has 0 unspecified atom stereocenters. The van der Waals surface area contributed by atoms with Gasteiger partial charge in [-0.1, -0.05) is 125 Å². The lowest BCUT2D eigenvalue weighted by Crippen LogP contribution is -2.15. The summed E-state index contributed by atoms with van der Waals surface area (Å²) in [6, 6.07) is 59.2. The van der Waals surface area contributed by atoms with Crippen molar-refractivity contribution in [2.45, 2.75) is 38.5 Å². The first-order chi connectivity index (χ1) is 30.3. The Kier molecular flexibility index (Phi) is 6.41. The summed E-state index contributed by atoms with van der Waals surface area (Å²) in [5, 5.41) is 9.58. The highest BCUT2D eigenvalue weighted by Gasteiger charge is 2.37. The van der Waals surface area contributed by atoms with Crippen LogP contribution in [0, 0.1) is 0 Å². The summed E-state index contributed by atoms with van der Waals surface area (Å²) in [7, 11) is 0. The molecular formula is C58H40N4. The van der Waals surface area contributed by atoms with Crippen LogP contribution in [0.2, 0.25) is 0 Å². The molecule has 0 fully saturated rings. The summed E-state index contributed by atoms with van der Waals surface area (Å²) in [5.74, 6) is 0. The quantitative estimate of drug-likeness (QED) is 0.163. The molecule has 62 heavy (non-hydrogen) atoms. The first kappa shape index (κ1) is 34.2. The van der Waals surface area contributed by atoms with Gasteiger partial charge >= 0.3 is 0 Å². The standard InChI is InChI=1S/C58H40N4/c1-57(2)47-17-9-5-13-37(47)41-29-43-39-15-7-11-19-51(39)61(53(43)31-49(41)57)33-21-23-35-36-24-22-34(28-46(36)56-55(45(35)27-33)59-25-26-60-56)62-52-20-12-8-16-40(52)44-30-42-38-14-6-10-18-48(38)58(3,4)50(42)32-54(44)62/h5-32H,1-4H3. The molecule has 0 spiro atoms. The molecule has 292 valence electrons. The molecule has 0 saturated carbocycles. The van der Waals surface area contributed by atoms with E-state index in [1.165, 1.54) is 98.9 Å². The number of nitrogens with zero attached hydrogens (tertiary/aromatic N) is 4. The van der Waals surface area contributed by atoms with Crippen molar-refractivity contribution in [1.82, 2.24) is 19.1 Å². The van der Waals surface area contributed by atoms with Crippen molar-refractivity contribution in [2.75, 3.05) is 0 Å². The highest BCUT2D eigenvalue weighted by atomic mass is 15.0. The molecule has 2 aliphatic rings. The SMILES string of the molecule is CC1(C)c2ccccc2-c2cc3c4ccccc4n(-c4ccc5c6ccc(-n7c8ccccc8c8cc9c(cc87)C(C)(C)c7ccccc7-9)cc6c6nccnc6c5c4)c3cc21. The molecule has 0 N–H and O–H groups in total. The van der Waals surface area contributed by atoms with Gasteiger partial charge in [0.15, 0.2) is 0 Å². The minimum atomic E-state index is -0.101. The summed E-state index contributed by atoms with van der Waals surface area (Å²) >= 11 is 0. The van der Waals surface area contributed by atoms with E-state index in [-0.39, 0.29) is 10.8 Å². The summed E-state index contributed by atoms with van der Waals surface area (Å²) < 4.78 is 4.91. The summed E-state index contributed by atoms with van der Waals surface area (Å²) in [6.45, 7) is 9.45. The third-order valence-corrected chi connectivity index (χ3v) is 14.8. The Morgan fingerprint density at radius 1 is 0.323 bits per heavy atom. The molecule has 3 heterocycles. The van der Waals surface area contributed by atoms with Crippen molar-refractivity contribution in [2.24, 2.45) is 0 Å². The van der Waals surface area contributed by atoms with Crippen LogP contribution in [-0.4, -0.2) is 19.1 Å². The maximum atomic E-state index is 5.08. The molecule has 0 aliphatic heterocycles. The summed E-state index contributed by atoms with van der Waals surface area (Å²) in [6.07, 6.45) is 3.67. The van der Waals surface area contributed by atoms with E-state index in [2.05, 4.69) is 195 Å². The van der Waals surface area contributed by atoms with Gasteiger partial charge in [0.2, 0.25) is 0 Å². The van der Waals surface area contributed by atoms with Gasteiger partial charge in [-0.15, -0.1) is 0 Å². The van der Waals surface area contributed by atoms with Gasteiger partial charge in [-0.3, -0.25) is 9.97 Å². The minimum absolute atomic E-state index is 0.101. The first-order valence-electron chi connectivity index (χ1n) is 21.7. The van der Waals surface area contributed by atoms with Crippen LogP contribution >= 0.6 is 0 Å². The second kappa shape index (κ2) is 11.6. The van der Waals surface area contributed by atoms with Gasteiger partial charge in [0.25, 0.3) is 0 Å². The number of fused-ring (bicyclic) bond motifs is 18. The van der Waals surface area contributed by atoms with Crippen LogP contribution in [0.5, 0.6) is 0 Å². The van der Waals surface area contributed by atoms with E-state index in [9.17, 15) is 0 Å². The lowest BCUT2D eigenvalue weighted by molar-refractivity contribution is 0.661. The molecule has 12 aromatic rings. The molecule has 14 rings (SSSR count). The zero-order chi connectivity index (χ0) is 41.2. The molecule has 0 radical (unpaired) electrons. The van der Waals surface area contributed by atoms with Crippen LogP contribution in [0.4, 0.5) is 0 Å². The Morgan fingerprint density at radius 3 is 1.21 bits per heavy atom. The third-order valence-electron chi connectivity index (χ3n) is 14.8. The highest BCUT2D eigenvalue weighted by molar-refractivity contribution is 6.24. The van der Waals surface area contributed by atoms with E-state index in [4.69, 9.17) is 9.97 Å². The zero-order valence-electron chi connectivity index (χ0n) is 35.0. The summed E-state index contributed by atoms with van der Waals surface area (Å²) in [5.41, 5.74) is 19.6. The van der Waals surface area contributed by atoms with Crippen LogP contribution in [0.1, 0.15) is 49.9 Å². The van der Waals surface area contributed by atoms with Crippen molar-refractivity contribution in [3.05, 3.63) is 192 Å². The Hall–Kier alpha value is -7.56. The van der Waals surface area contributed by atoms with Crippen LogP contribution in [0.25, 0.3) is 110 Å². The number of aromatic nitrogens is 4. The van der Waals surface area contributed by atoms with E-state index >= 15 is 0 Å². The normalized spacial score (nSPS) is 14.7. The van der Waals surface area contributed by atoms with E-state index in [0.717, 1.165) is 33.2 Å². The van der Waals surface area contributed by atoms with E-state index in [1.807, 2.05) is 12.4 Å². The maximum Gasteiger partial charge on any atom is 0.0972 e. The second-order valence-electron chi connectivity index (χ2n) is 18.6. The van der Waals surface area contributed by atoms with Crippen LogP contribution < -0.4 is 0 Å². The number of rotatable bonds is 2. The first-order valence-corrected chi connectivity index (χ1v) is 21.7. The average Bonchev–Trinajstić information content (AvgIpc) is 3.96. The fraction of sp³-hybridized carbons (Fsp3) is 0.103. The lowest BCUT2D eigenvalue weighted by Gasteiger charge is -2.22. The van der Waals surface area contributed by atoms with Gasteiger partial charge in [0.1, 0.15) is 0 Å². The van der Waals surface area contributed by atoms with Crippen LogP contribution in [-0.2, 0) is 10.8 Å². The molecule has 0 bridgehead atoms. The predicted octanol–water partition coefficient (Wildman–Crippen LogP) is 14.7. The number of hydrogen-bond donors (Lipinski definition) is 0. The van der Waals surface area contributed by atoms with Gasteiger partial charge in [-0.25, -0.2) is 0 Å². The van der Waals surface area contributed by atoms with E-state index in [0.29, 0.717) is 0 Å². The molecule has 4 heteroatoms. The summed E-state index contributed by atoms with van der Waals surface area (Å²) in [4.78, 5) is 10.2. The smallest absolute Gasteiger partial charge is 0.0972 e. The number of hydrogen-bond acceptors (Lipinski definition) is 2. The Labute approximate surface area is 358 Å². The monoisotopic (exact) mass is 792 g/mol. The molecule has 4 nitrogen and oxygen atoms in total. The lowest BCUT2D eigenvalue weighted by atomic mass is 9.82. The molecule has 0 saturated heterocycles. The van der Waals surface area contributed by atoms with Gasteiger partial charge in [0, 0.05) is 66.9 Å². The molecule has 9 aromatic carbocycles. The van der Waals surface area contributed by atoms with Crippen molar-refractivity contribution in [3.63, 3.8) is 0 Å². The van der Waals surface area contributed by atoms with Crippen LogP contribution in [0.15, 0.2) is 170 Å². The topological polar surface area (TPSA) is 35.6 Å². The molecular weight excluding hydrogens is 753 g/mol. The fourth-order valence-electron chi connectivity index (χ4n) is 11.8. The van der Waals surface area contributed by atoms with E-state index in [1.54, 1.807) is 0 Å². The molecule has 0 amide bonds. The average molecular weight is 793 g/mol. The van der Waals surface area contributed by atoms with Crippen molar-refractivity contribution < 1.29 is 0 Å². The Balaban J connectivity index is 0.994. The molecule has 3 aromatic heterocycles. The largest absolute Gasteiger partial charge is 0.309 e. The minimum Gasteiger partial charge on any atom is -0.309 e. The maximum absolute atomic E-state index is 5.08. The second-order valence-corrected chi connectivity index (χ2v) is 18.6. The fourth-order valence-corrected chi connectivity index (χ4v) is 11.8. The Morgan fingerprint density at radius 2 is 0.742 bits per heavy atom. The van der Waals surface area contributed by atoms with Gasteiger partial charge in [0.05, 0.1) is 33.1 Å². The van der Waals surface area contributed by atoms with Gasteiger partial charge < -0.3 is 9.13 Å². The number of benzene rings is 9. The van der Waals surface area contributed by atoms with Gasteiger partial charge in [-0.05, 0) is 116 Å². The number of para-hydroxylation sites is 2. The van der Waals surface area contributed by atoms with Gasteiger partial charge in [-0.2, -0.15) is 0 Å². The zero-order valence-corrected chi connectivity index (χ0v) is 35.0. The van der Waals surface area contributed by atoms with Crippen molar-refractivity contribution in [1.29, 1.82) is 0 Å². The van der Waals surface area contributed by atoms with Crippen molar-refractivity contribution in [3.8, 4) is 33.6 Å². The Bertz CT molecular complexity index is 3710.